The van der Waals surface area contributed by atoms with Crippen LogP contribution in [-0.4, -0.2) is 0 Å². The van der Waals surface area contributed by atoms with Crippen LogP contribution in [0, 0.1) is 0 Å². The molecule has 0 bridgehead atoms. The van der Waals surface area contributed by atoms with E-state index < -0.39 is 0 Å². The quantitative estimate of drug-likeness (QED) is 0.467. The molecule has 0 saturated carbocycles. The normalized spacial score (nSPS) is 5.85. The standard InChI is InChI=1S/C5H10.C4H8.2C2H6/c1-4-5(2)3;1-4(2)3;2*1-2/h2,4H2,1,3H3;1H2,2-3H3;2*1-2H3. The first-order chi connectivity index (χ1) is 6.00. The van der Waals surface area contributed by atoms with Gasteiger partial charge in [0.2, 0.25) is 0 Å². The second-order valence-corrected chi connectivity index (χ2v) is 2.52. The summed E-state index contributed by atoms with van der Waals surface area (Å²) in [6.07, 6.45) is 1.11. The van der Waals surface area contributed by atoms with Crippen LogP contribution in [0.5, 0.6) is 0 Å². The molecule has 0 heterocycles. The Bertz CT molecular complexity index is 84.2. The molecule has 0 amide bonds. The third kappa shape index (κ3) is 471. The fraction of sp³-hybridized carbons (Fsp3) is 0.692. The highest BCUT2D eigenvalue weighted by Crippen LogP contribution is 1.88. The van der Waals surface area contributed by atoms with Crippen molar-refractivity contribution in [2.24, 2.45) is 0 Å². The fourth-order valence-corrected chi connectivity index (χ4v) is 0. The van der Waals surface area contributed by atoms with Gasteiger partial charge in [-0.3, -0.25) is 0 Å². The van der Waals surface area contributed by atoms with E-state index in [4.69, 9.17) is 0 Å². The molecule has 0 rings (SSSR count). The average Bonchev–Trinajstić information content (AvgIpc) is 2.10. The van der Waals surface area contributed by atoms with E-state index in [1.807, 2.05) is 48.5 Å². The van der Waals surface area contributed by atoms with Crippen LogP contribution >= 0.6 is 0 Å². The van der Waals surface area contributed by atoms with Gasteiger partial charge in [-0.1, -0.05) is 45.8 Å². The van der Waals surface area contributed by atoms with Crippen LogP contribution in [0.2, 0.25) is 0 Å². The lowest BCUT2D eigenvalue weighted by molar-refractivity contribution is 1.11. The summed E-state index contributed by atoms with van der Waals surface area (Å²) in [5.41, 5.74) is 2.42. The van der Waals surface area contributed by atoms with Crippen LogP contribution in [0.25, 0.3) is 0 Å². The summed E-state index contributed by atoms with van der Waals surface area (Å²) >= 11 is 0. The predicted molar refractivity (Wildman–Crippen MR) is 68.3 cm³/mol. The first-order valence-corrected chi connectivity index (χ1v) is 5.27. The second-order valence-electron chi connectivity index (χ2n) is 2.52. The summed E-state index contributed by atoms with van der Waals surface area (Å²) in [6.45, 7) is 23.3. The van der Waals surface area contributed by atoms with Gasteiger partial charge in [-0.25, -0.2) is 0 Å². The summed E-state index contributed by atoms with van der Waals surface area (Å²) in [5.74, 6) is 0. The van der Waals surface area contributed by atoms with Crippen LogP contribution in [-0.2, 0) is 0 Å². The Labute approximate surface area is 86.8 Å². The molecule has 0 radical (unpaired) electrons. The highest BCUT2D eigenvalue weighted by atomic mass is 13.7. The Morgan fingerprint density at radius 2 is 0.923 bits per heavy atom. The van der Waals surface area contributed by atoms with Gasteiger partial charge in [-0.2, -0.15) is 0 Å². The lowest BCUT2D eigenvalue weighted by Crippen LogP contribution is -1.58. The van der Waals surface area contributed by atoms with E-state index in [9.17, 15) is 0 Å². The molecule has 0 aliphatic heterocycles. The smallest absolute Gasteiger partial charge is 0.0354 e. The van der Waals surface area contributed by atoms with Gasteiger partial charge in [-0.05, 0) is 27.2 Å². The van der Waals surface area contributed by atoms with E-state index in [1.54, 1.807) is 0 Å². The summed E-state index contributed by atoms with van der Waals surface area (Å²) in [7, 11) is 0. The molecule has 0 aliphatic carbocycles. The van der Waals surface area contributed by atoms with E-state index in [2.05, 4.69) is 20.1 Å². The molecule has 0 nitrogen and oxygen atoms in total. The zero-order chi connectivity index (χ0) is 11.9. The molecule has 0 N–H and O–H groups in total. The van der Waals surface area contributed by atoms with E-state index >= 15 is 0 Å². The molecule has 0 unspecified atom stereocenters. The molecular weight excluding hydrogens is 156 g/mol. The molecule has 0 aromatic rings. The molecule has 13 heavy (non-hydrogen) atoms. The number of hydrogen-bond donors (Lipinski definition) is 0. The highest BCUT2D eigenvalue weighted by molar-refractivity contribution is 4.84. The summed E-state index contributed by atoms with van der Waals surface area (Å²) in [4.78, 5) is 0. The SMILES string of the molecule is C=C(C)C.C=C(C)CC.CC.CC. The van der Waals surface area contributed by atoms with Gasteiger partial charge in [0.1, 0.15) is 0 Å². The van der Waals surface area contributed by atoms with Gasteiger partial charge in [0.05, 0.1) is 0 Å². The first kappa shape index (κ1) is 22.9. The van der Waals surface area contributed by atoms with Crippen molar-refractivity contribution < 1.29 is 0 Å². The molecule has 0 aliphatic rings. The van der Waals surface area contributed by atoms with Crippen LogP contribution in [0.15, 0.2) is 24.3 Å². The van der Waals surface area contributed by atoms with E-state index in [1.165, 1.54) is 11.1 Å². The van der Waals surface area contributed by atoms with Crippen molar-refractivity contribution in [1.82, 2.24) is 0 Å². The molecule has 82 valence electrons. The van der Waals surface area contributed by atoms with Crippen molar-refractivity contribution in [3.8, 4) is 0 Å². The van der Waals surface area contributed by atoms with Crippen molar-refractivity contribution in [2.75, 3.05) is 0 Å². The summed E-state index contributed by atoms with van der Waals surface area (Å²) in [6, 6.07) is 0. The average molecular weight is 186 g/mol. The van der Waals surface area contributed by atoms with Crippen molar-refractivity contribution in [2.45, 2.75) is 61.8 Å². The Kier molecular flexibility index (Phi) is 52.8. The maximum absolute atomic E-state index is 3.67. The molecular formula is C13H30. The Balaban J connectivity index is -0.0000000457. The molecule has 0 aromatic heterocycles. The minimum Gasteiger partial charge on any atom is -0.100 e. The predicted octanol–water partition coefficient (Wildman–Crippen LogP) is 5.61. The van der Waals surface area contributed by atoms with Crippen LogP contribution in [0.3, 0.4) is 0 Å². The van der Waals surface area contributed by atoms with Gasteiger partial charge in [0.15, 0.2) is 0 Å². The third-order valence-electron chi connectivity index (χ3n) is 0.604. The van der Waals surface area contributed by atoms with Gasteiger partial charge in [0, 0.05) is 0 Å². The number of rotatable bonds is 1. The number of allylic oxidation sites excluding steroid dienone is 2. The Morgan fingerprint density at radius 1 is 0.846 bits per heavy atom. The monoisotopic (exact) mass is 186 g/mol. The van der Waals surface area contributed by atoms with E-state index in [0.29, 0.717) is 0 Å². The molecule has 0 heteroatoms. The molecule has 0 saturated heterocycles. The zero-order valence-corrected chi connectivity index (χ0v) is 11.1. The zero-order valence-electron chi connectivity index (χ0n) is 11.1. The highest BCUT2D eigenvalue weighted by Gasteiger charge is 1.67. The van der Waals surface area contributed by atoms with Crippen molar-refractivity contribution in [3.63, 3.8) is 0 Å². The largest absolute Gasteiger partial charge is 0.100 e. The molecule has 0 fully saturated rings. The van der Waals surface area contributed by atoms with Crippen LogP contribution in [0.4, 0.5) is 0 Å². The molecule has 0 aromatic carbocycles. The van der Waals surface area contributed by atoms with Gasteiger partial charge in [-0.15, -0.1) is 13.2 Å². The Morgan fingerprint density at radius 3 is 0.923 bits per heavy atom. The molecule has 0 atom stereocenters. The minimum absolute atomic E-state index is 1.11. The van der Waals surface area contributed by atoms with Crippen LogP contribution in [0.1, 0.15) is 61.8 Å². The molecule has 0 spiro atoms. The summed E-state index contributed by atoms with van der Waals surface area (Å²) in [5, 5.41) is 0. The topological polar surface area (TPSA) is 0 Å². The summed E-state index contributed by atoms with van der Waals surface area (Å²) < 4.78 is 0. The second kappa shape index (κ2) is 30.0. The van der Waals surface area contributed by atoms with Gasteiger partial charge < -0.3 is 0 Å². The van der Waals surface area contributed by atoms with E-state index in [0.717, 1.165) is 6.42 Å². The minimum atomic E-state index is 1.11. The maximum Gasteiger partial charge on any atom is -0.0354 e. The van der Waals surface area contributed by atoms with E-state index in [-0.39, 0.29) is 0 Å². The Hall–Kier alpha value is -0.520. The maximum atomic E-state index is 3.67. The fourth-order valence-electron chi connectivity index (χ4n) is 0. The van der Waals surface area contributed by atoms with Crippen molar-refractivity contribution in [3.05, 3.63) is 24.3 Å². The van der Waals surface area contributed by atoms with Crippen molar-refractivity contribution >= 4 is 0 Å². The number of hydrogen-bond acceptors (Lipinski definition) is 0. The van der Waals surface area contributed by atoms with Crippen molar-refractivity contribution in [1.29, 1.82) is 0 Å². The van der Waals surface area contributed by atoms with Gasteiger partial charge in [0.25, 0.3) is 0 Å². The lowest BCUT2D eigenvalue weighted by atomic mass is 10.3. The van der Waals surface area contributed by atoms with Crippen LogP contribution < -0.4 is 0 Å². The van der Waals surface area contributed by atoms with Gasteiger partial charge >= 0.3 is 0 Å². The lowest BCUT2D eigenvalue weighted by Gasteiger charge is -1.79. The third-order valence-corrected chi connectivity index (χ3v) is 0.604. The first-order valence-electron chi connectivity index (χ1n) is 5.27.